The van der Waals surface area contributed by atoms with Gasteiger partial charge in [0, 0.05) is 12.0 Å². The Hall–Kier alpha value is -3.89. The number of carbonyl (C=O) groups is 1. The van der Waals surface area contributed by atoms with E-state index in [9.17, 15) is 13.2 Å². The highest BCUT2D eigenvalue weighted by Gasteiger charge is 2.23. The first-order chi connectivity index (χ1) is 17.3. The van der Waals surface area contributed by atoms with Crippen molar-refractivity contribution in [1.82, 2.24) is 10.1 Å². The predicted octanol–water partition coefficient (Wildman–Crippen LogP) is 3.58. The van der Waals surface area contributed by atoms with Gasteiger partial charge in [-0.25, -0.2) is 18.6 Å². The average Bonchev–Trinajstić information content (AvgIpc) is 2.88. The lowest BCUT2D eigenvalue weighted by atomic mass is 10.0. The molecule has 0 unspecified atom stereocenters. The number of amides is 1. The van der Waals surface area contributed by atoms with E-state index in [1.807, 2.05) is 13.0 Å². The zero-order chi connectivity index (χ0) is 26.1. The zero-order valence-electron chi connectivity index (χ0n) is 20.5. The summed E-state index contributed by atoms with van der Waals surface area (Å²) >= 11 is 0. The molecule has 0 aliphatic carbocycles. The van der Waals surface area contributed by atoms with Gasteiger partial charge in [0.1, 0.15) is 0 Å². The third kappa shape index (κ3) is 6.83. The monoisotopic (exact) mass is 511 g/mol. The second-order valence-electron chi connectivity index (χ2n) is 7.85. The summed E-state index contributed by atoms with van der Waals surface area (Å²) in [5, 5.41) is 4.01. The van der Waals surface area contributed by atoms with Crippen LogP contribution in [0.3, 0.4) is 0 Å². The van der Waals surface area contributed by atoms with E-state index in [4.69, 9.17) is 14.2 Å². The number of ether oxygens (including phenoxy) is 3. The summed E-state index contributed by atoms with van der Waals surface area (Å²) in [7, 11) is 0.644. The molecule has 0 aliphatic rings. The van der Waals surface area contributed by atoms with Crippen LogP contribution in [0, 0.1) is 6.92 Å². The highest BCUT2D eigenvalue weighted by Crippen LogP contribution is 2.37. The number of nitrogens with one attached hydrogen (secondary N) is 2. The fraction of sp³-hybridized carbons (Fsp3) is 0.231. The number of aryl methyl sites for hydroxylation is 1. The number of hydrazone groups is 1. The second kappa shape index (κ2) is 12.2. The largest absolute Gasteiger partial charge is 0.493 e. The number of hydrogen-bond donors (Lipinski definition) is 2. The van der Waals surface area contributed by atoms with Crippen LogP contribution in [0.2, 0.25) is 0 Å². The van der Waals surface area contributed by atoms with Crippen LogP contribution in [0.25, 0.3) is 0 Å². The quantitative estimate of drug-likeness (QED) is 0.300. The topological polar surface area (TPSA) is 115 Å². The number of rotatable bonds is 11. The second-order valence-corrected chi connectivity index (χ2v) is 9.57. The zero-order valence-corrected chi connectivity index (χ0v) is 21.3. The Morgan fingerprint density at radius 3 is 2.11 bits per heavy atom. The van der Waals surface area contributed by atoms with Crippen LogP contribution in [0.4, 0.5) is 0 Å². The minimum Gasteiger partial charge on any atom is -0.493 e. The Morgan fingerprint density at radius 2 is 1.56 bits per heavy atom. The summed E-state index contributed by atoms with van der Waals surface area (Å²) in [5.41, 5.74) is 4.64. The molecule has 2 N–H and O–H groups in total. The van der Waals surface area contributed by atoms with E-state index >= 15 is 0 Å². The van der Waals surface area contributed by atoms with Crippen molar-refractivity contribution < 1.29 is 27.4 Å². The van der Waals surface area contributed by atoms with E-state index in [-0.39, 0.29) is 11.3 Å². The number of carbonyl (C=O) groups excluding carboxylic acids is 1. The van der Waals surface area contributed by atoms with Gasteiger partial charge in [0.05, 0.1) is 38.5 Å². The molecule has 0 aromatic heterocycles. The molecule has 0 saturated carbocycles. The van der Waals surface area contributed by atoms with Crippen molar-refractivity contribution in [2.24, 2.45) is 5.10 Å². The Kier molecular flexibility index (Phi) is 9.04. The fourth-order valence-corrected chi connectivity index (χ4v) is 4.70. The smallest absolute Gasteiger partial charge is 0.242 e. The standard InChI is InChI=1S/C26H29N3O6S/c1-18-10-12-21(13-11-18)36(31,32)29-22(20-8-6-5-7-9-20)16-25(30)28-27-17-19-14-23(33-2)26(35-4)24(15-19)34-3/h5-15,17,22,29H,16H2,1-4H3,(H,28,30)/b27-17-/t22-/m1/s1. The molecular weight excluding hydrogens is 482 g/mol. The van der Waals surface area contributed by atoms with Gasteiger partial charge in [-0.1, -0.05) is 48.0 Å². The first-order valence-corrected chi connectivity index (χ1v) is 12.5. The van der Waals surface area contributed by atoms with Crippen LogP contribution in [-0.4, -0.2) is 41.9 Å². The van der Waals surface area contributed by atoms with E-state index < -0.39 is 22.0 Å². The summed E-state index contributed by atoms with van der Waals surface area (Å²) in [4.78, 5) is 12.8. The molecule has 3 aromatic rings. The Labute approximate surface area is 211 Å². The lowest BCUT2D eigenvalue weighted by Crippen LogP contribution is -2.32. The number of benzene rings is 3. The molecule has 0 fully saturated rings. The van der Waals surface area contributed by atoms with Crippen molar-refractivity contribution in [3.8, 4) is 17.2 Å². The molecular formula is C26H29N3O6S. The summed E-state index contributed by atoms with van der Waals surface area (Å²) < 4.78 is 44.5. The maximum Gasteiger partial charge on any atom is 0.242 e. The van der Waals surface area contributed by atoms with Crippen molar-refractivity contribution in [1.29, 1.82) is 0 Å². The van der Waals surface area contributed by atoms with E-state index in [2.05, 4.69) is 15.2 Å². The Morgan fingerprint density at radius 1 is 0.944 bits per heavy atom. The van der Waals surface area contributed by atoms with Crippen molar-refractivity contribution in [3.63, 3.8) is 0 Å². The van der Waals surface area contributed by atoms with Crippen molar-refractivity contribution >= 4 is 22.1 Å². The van der Waals surface area contributed by atoms with Gasteiger partial charge in [0.15, 0.2) is 11.5 Å². The lowest BCUT2D eigenvalue weighted by molar-refractivity contribution is -0.121. The first kappa shape index (κ1) is 26.7. The molecule has 0 aliphatic heterocycles. The van der Waals surface area contributed by atoms with Crippen LogP contribution in [0.1, 0.15) is 29.2 Å². The molecule has 0 bridgehead atoms. The molecule has 0 spiro atoms. The minimum atomic E-state index is -3.86. The molecule has 9 nitrogen and oxygen atoms in total. The normalized spacial score (nSPS) is 12.2. The van der Waals surface area contributed by atoms with E-state index in [0.29, 0.717) is 28.4 Å². The van der Waals surface area contributed by atoms with E-state index in [1.54, 1.807) is 48.5 Å². The molecule has 1 amide bonds. The average molecular weight is 512 g/mol. The molecule has 3 rings (SSSR count). The first-order valence-electron chi connectivity index (χ1n) is 11.0. The summed E-state index contributed by atoms with van der Waals surface area (Å²) in [6, 6.07) is 18.0. The van der Waals surface area contributed by atoms with Crippen LogP contribution in [-0.2, 0) is 14.8 Å². The molecule has 190 valence electrons. The van der Waals surface area contributed by atoms with Gasteiger partial charge in [0.25, 0.3) is 0 Å². The number of hydrogen-bond acceptors (Lipinski definition) is 7. The lowest BCUT2D eigenvalue weighted by Gasteiger charge is -2.18. The van der Waals surface area contributed by atoms with E-state index in [1.165, 1.54) is 39.7 Å². The third-order valence-electron chi connectivity index (χ3n) is 5.31. The molecule has 3 aromatic carbocycles. The van der Waals surface area contributed by atoms with Gasteiger partial charge in [-0.2, -0.15) is 5.10 Å². The fourth-order valence-electron chi connectivity index (χ4n) is 3.47. The van der Waals surface area contributed by atoms with Gasteiger partial charge >= 0.3 is 0 Å². The van der Waals surface area contributed by atoms with Gasteiger partial charge in [-0.05, 0) is 36.8 Å². The highest BCUT2D eigenvalue weighted by atomic mass is 32.2. The molecule has 10 heteroatoms. The van der Waals surface area contributed by atoms with Crippen LogP contribution < -0.4 is 24.4 Å². The SMILES string of the molecule is COc1cc(/C=N\NC(=O)C[C@@H](NS(=O)(=O)c2ccc(C)cc2)c2ccccc2)cc(OC)c1OC. The van der Waals surface area contributed by atoms with Crippen LogP contribution >= 0.6 is 0 Å². The Balaban J connectivity index is 1.75. The molecule has 36 heavy (non-hydrogen) atoms. The molecule has 0 saturated heterocycles. The molecule has 0 radical (unpaired) electrons. The van der Waals surface area contributed by atoms with Crippen molar-refractivity contribution in [2.75, 3.05) is 21.3 Å². The maximum absolute atomic E-state index is 13.0. The van der Waals surface area contributed by atoms with Gasteiger partial charge in [-0.3, -0.25) is 4.79 Å². The molecule has 0 heterocycles. The van der Waals surface area contributed by atoms with Gasteiger partial charge in [0.2, 0.25) is 21.7 Å². The number of nitrogens with zero attached hydrogens (tertiary/aromatic N) is 1. The number of methoxy groups -OCH3 is 3. The summed E-state index contributed by atoms with van der Waals surface area (Å²) in [6.45, 7) is 1.87. The molecule has 1 atom stereocenters. The minimum absolute atomic E-state index is 0.120. The van der Waals surface area contributed by atoms with Crippen molar-refractivity contribution in [3.05, 3.63) is 83.4 Å². The maximum atomic E-state index is 13.0. The van der Waals surface area contributed by atoms with Gasteiger partial charge < -0.3 is 14.2 Å². The van der Waals surface area contributed by atoms with Crippen molar-refractivity contribution in [2.45, 2.75) is 24.3 Å². The highest BCUT2D eigenvalue weighted by molar-refractivity contribution is 7.89. The number of sulfonamides is 1. The third-order valence-corrected chi connectivity index (χ3v) is 6.80. The predicted molar refractivity (Wildman–Crippen MR) is 137 cm³/mol. The Bertz CT molecular complexity index is 1280. The summed E-state index contributed by atoms with van der Waals surface area (Å²) in [6.07, 6.45) is 1.26. The summed E-state index contributed by atoms with van der Waals surface area (Å²) in [5.74, 6) is 0.852. The van der Waals surface area contributed by atoms with Gasteiger partial charge in [-0.15, -0.1) is 0 Å². The van der Waals surface area contributed by atoms with Crippen LogP contribution in [0.15, 0.2) is 76.7 Å². The van der Waals surface area contributed by atoms with E-state index in [0.717, 1.165) is 5.56 Å². The van der Waals surface area contributed by atoms with Crippen LogP contribution in [0.5, 0.6) is 17.2 Å².